The summed E-state index contributed by atoms with van der Waals surface area (Å²) in [6, 6.07) is 2.45. The second-order valence-corrected chi connectivity index (χ2v) is 7.33. The van der Waals surface area contributed by atoms with Crippen LogP contribution in [0.25, 0.3) is 0 Å². The Kier molecular flexibility index (Phi) is 5.30. The van der Waals surface area contributed by atoms with Crippen molar-refractivity contribution in [3.63, 3.8) is 0 Å². The lowest BCUT2D eigenvalue weighted by Crippen LogP contribution is -2.63. The van der Waals surface area contributed by atoms with E-state index < -0.39 is 0 Å². The van der Waals surface area contributed by atoms with Gasteiger partial charge in [-0.25, -0.2) is 0 Å². The zero-order valence-electron chi connectivity index (χ0n) is 13.5. The van der Waals surface area contributed by atoms with Gasteiger partial charge in [0.25, 0.3) is 0 Å². The first kappa shape index (κ1) is 15.3. The summed E-state index contributed by atoms with van der Waals surface area (Å²) in [4.78, 5) is 2.91. The molecule has 2 aliphatic rings. The maximum absolute atomic E-state index is 3.78. The van der Waals surface area contributed by atoms with Crippen LogP contribution in [-0.2, 0) is 0 Å². The average Bonchev–Trinajstić information content (AvgIpc) is 2.35. The number of rotatable bonds is 6. The minimum Gasteiger partial charge on any atom is -0.314 e. The van der Waals surface area contributed by atoms with Crippen molar-refractivity contribution < 1.29 is 0 Å². The molecular formula is C17H34N2. The van der Waals surface area contributed by atoms with E-state index in [1.54, 1.807) is 0 Å². The third kappa shape index (κ3) is 3.52. The van der Waals surface area contributed by atoms with E-state index in [9.17, 15) is 0 Å². The molecular weight excluding hydrogens is 232 g/mol. The molecule has 0 amide bonds. The lowest BCUT2D eigenvalue weighted by atomic mass is 9.77. The van der Waals surface area contributed by atoms with Gasteiger partial charge >= 0.3 is 0 Å². The van der Waals surface area contributed by atoms with Crippen molar-refractivity contribution in [1.82, 2.24) is 10.2 Å². The third-order valence-corrected chi connectivity index (χ3v) is 5.22. The molecule has 2 atom stereocenters. The summed E-state index contributed by atoms with van der Waals surface area (Å²) in [5.41, 5.74) is 0.403. The number of hydrogen-bond acceptors (Lipinski definition) is 2. The van der Waals surface area contributed by atoms with Crippen LogP contribution in [0.4, 0.5) is 0 Å². The Morgan fingerprint density at radius 3 is 2.21 bits per heavy atom. The zero-order chi connectivity index (χ0) is 13.9. The predicted octanol–water partition coefficient (Wildman–Crippen LogP) is 3.95. The molecule has 2 rings (SSSR count). The van der Waals surface area contributed by atoms with E-state index in [1.165, 1.54) is 57.9 Å². The first-order chi connectivity index (χ1) is 9.08. The maximum atomic E-state index is 3.78. The van der Waals surface area contributed by atoms with Gasteiger partial charge in [0.1, 0.15) is 0 Å². The van der Waals surface area contributed by atoms with E-state index in [2.05, 4.69) is 37.9 Å². The molecule has 0 aromatic rings. The molecule has 19 heavy (non-hydrogen) atoms. The van der Waals surface area contributed by atoms with E-state index in [0.29, 0.717) is 5.54 Å². The van der Waals surface area contributed by atoms with Crippen molar-refractivity contribution in [2.24, 2.45) is 0 Å². The fourth-order valence-corrected chi connectivity index (χ4v) is 4.63. The molecule has 2 unspecified atom stereocenters. The van der Waals surface area contributed by atoms with Gasteiger partial charge < -0.3 is 5.32 Å². The molecule has 2 fully saturated rings. The van der Waals surface area contributed by atoms with Gasteiger partial charge in [-0.1, -0.05) is 26.7 Å². The van der Waals surface area contributed by atoms with Crippen molar-refractivity contribution in [3.05, 3.63) is 0 Å². The van der Waals surface area contributed by atoms with Gasteiger partial charge in [0.15, 0.2) is 0 Å². The van der Waals surface area contributed by atoms with E-state index in [1.807, 2.05) is 0 Å². The maximum Gasteiger partial charge on any atom is 0.0159 e. The Balaban J connectivity index is 2.03. The van der Waals surface area contributed by atoms with Gasteiger partial charge in [0.2, 0.25) is 0 Å². The molecule has 0 spiro atoms. The molecule has 1 N–H and O–H groups in total. The molecule has 0 saturated carbocycles. The SMILES string of the molecule is CCCNC1CC2CCCC(C1)N2C(C)(C)CCC. The van der Waals surface area contributed by atoms with Crippen molar-refractivity contribution in [2.75, 3.05) is 6.54 Å². The van der Waals surface area contributed by atoms with E-state index in [0.717, 1.165) is 18.1 Å². The normalized spacial score (nSPS) is 32.5. The number of piperidine rings is 2. The highest BCUT2D eigenvalue weighted by Crippen LogP contribution is 2.40. The van der Waals surface area contributed by atoms with Crippen LogP contribution in [0.15, 0.2) is 0 Å². The monoisotopic (exact) mass is 266 g/mol. The highest BCUT2D eigenvalue weighted by molar-refractivity contribution is 5.00. The smallest absolute Gasteiger partial charge is 0.0159 e. The first-order valence-corrected chi connectivity index (χ1v) is 8.60. The van der Waals surface area contributed by atoms with Crippen molar-refractivity contribution in [1.29, 1.82) is 0 Å². The minimum absolute atomic E-state index is 0.403. The van der Waals surface area contributed by atoms with Crippen LogP contribution in [0, 0.1) is 0 Å². The molecule has 0 aliphatic carbocycles. The van der Waals surface area contributed by atoms with Crippen molar-refractivity contribution >= 4 is 0 Å². The minimum atomic E-state index is 0.403. The van der Waals surface area contributed by atoms with Gasteiger partial charge in [-0.2, -0.15) is 0 Å². The van der Waals surface area contributed by atoms with Gasteiger partial charge in [-0.05, 0) is 58.9 Å². The Morgan fingerprint density at radius 2 is 1.68 bits per heavy atom. The zero-order valence-corrected chi connectivity index (χ0v) is 13.5. The number of hydrogen-bond donors (Lipinski definition) is 1. The third-order valence-electron chi connectivity index (χ3n) is 5.22. The van der Waals surface area contributed by atoms with Crippen LogP contribution < -0.4 is 5.32 Å². The van der Waals surface area contributed by atoms with Crippen LogP contribution in [0.2, 0.25) is 0 Å². The molecule has 2 heteroatoms. The lowest BCUT2D eigenvalue weighted by Gasteiger charge is -2.56. The van der Waals surface area contributed by atoms with Crippen LogP contribution in [0.1, 0.15) is 79.1 Å². The highest BCUT2D eigenvalue weighted by Gasteiger charge is 2.44. The Hall–Kier alpha value is -0.0800. The van der Waals surface area contributed by atoms with Gasteiger partial charge in [0, 0.05) is 23.7 Å². The predicted molar refractivity (Wildman–Crippen MR) is 83.6 cm³/mol. The molecule has 2 aliphatic heterocycles. The summed E-state index contributed by atoms with van der Waals surface area (Å²) in [5.74, 6) is 0. The fourth-order valence-electron chi connectivity index (χ4n) is 4.63. The van der Waals surface area contributed by atoms with Gasteiger partial charge in [-0.3, -0.25) is 4.90 Å². The molecule has 2 bridgehead atoms. The Morgan fingerprint density at radius 1 is 1.05 bits per heavy atom. The van der Waals surface area contributed by atoms with Crippen molar-refractivity contribution in [3.8, 4) is 0 Å². The summed E-state index contributed by atoms with van der Waals surface area (Å²) in [5, 5.41) is 3.78. The second kappa shape index (κ2) is 6.58. The molecule has 2 heterocycles. The molecule has 0 radical (unpaired) electrons. The molecule has 2 nitrogen and oxygen atoms in total. The first-order valence-electron chi connectivity index (χ1n) is 8.60. The summed E-state index contributed by atoms with van der Waals surface area (Å²) >= 11 is 0. The fraction of sp³-hybridized carbons (Fsp3) is 1.00. The van der Waals surface area contributed by atoms with Gasteiger partial charge in [0.05, 0.1) is 0 Å². The molecule has 2 saturated heterocycles. The van der Waals surface area contributed by atoms with E-state index in [4.69, 9.17) is 0 Å². The number of nitrogens with one attached hydrogen (secondary N) is 1. The highest BCUT2D eigenvalue weighted by atomic mass is 15.3. The summed E-state index contributed by atoms with van der Waals surface area (Å²) in [7, 11) is 0. The molecule has 0 aromatic carbocycles. The van der Waals surface area contributed by atoms with Crippen LogP contribution in [0.3, 0.4) is 0 Å². The van der Waals surface area contributed by atoms with Crippen LogP contribution >= 0.6 is 0 Å². The topological polar surface area (TPSA) is 15.3 Å². The van der Waals surface area contributed by atoms with E-state index >= 15 is 0 Å². The van der Waals surface area contributed by atoms with Crippen LogP contribution in [0.5, 0.6) is 0 Å². The standard InChI is InChI=1S/C17H34N2/c1-5-10-17(3,4)19-15-8-7-9-16(19)13-14(12-15)18-11-6-2/h14-16,18H,5-13H2,1-4H3. The van der Waals surface area contributed by atoms with Crippen LogP contribution in [-0.4, -0.2) is 35.1 Å². The Bertz CT molecular complexity index is 260. The lowest BCUT2D eigenvalue weighted by molar-refractivity contribution is -0.0516. The Labute approximate surface area is 120 Å². The van der Waals surface area contributed by atoms with Crippen molar-refractivity contribution in [2.45, 2.75) is 103 Å². The van der Waals surface area contributed by atoms with E-state index in [-0.39, 0.29) is 0 Å². The largest absolute Gasteiger partial charge is 0.314 e. The number of nitrogens with zero attached hydrogens (tertiary/aromatic N) is 1. The van der Waals surface area contributed by atoms with Gasteiger partial charge in [-0.15, -0.1) is 0 Å². The average molecular weight is 266 g/mol. The molecule has 112 valence electrons. The number of fused-ring (bicyclic) bond motifs is 2. The summed E-state index contributed by atoms with van der Waals surface area (Å²) in [6.07, 6.45) is 11.0. The summed E-state index contributed by atoms with van der Waals surface area (Å²) in [6.45, 7) is 10.7. The second-order valence-electron chi connectivity index (χ2n) is 7.33. The summed E-state index contributed by atoms with van der Waals surface area (Å²) < 4.78 is 0. The quantitative estimate of drug-likeness (QED) is 0.783. The molecule has 0 aromatic heterocycles.